The van der Waals surface area contributed by atoms with Crippen LogP contribution in [0.4, 0.5) is 4.39 Å². The number of rotatable bonds is 4. The Hall–Kier alpha value is -2.29. The zero-order valence-corrected chi connectivity index (χ0v) is 15.3. The van der Waals surface area contributed by atoms with Crippen molar-refractivity contribution in [3.63, 3.8) is 0 Å². The van der Waals surface area contributed by atoms with E-state index < -0.39 is 20.9 Å². The molecule has 2 fully saturated rings. The van der Waals surface area contributed by atoms with Gasteiger partial charge in [-0.2, -0.15) is 0 Å². The number of nitrogens with zero attached hydrogens (tertiary/aromatic N) is 1. The molecule has 2 atom stereocenters. The lowest BCUT2D eigenvalue weighted by Gasteiger charge is -2.39. The number of hydrogen-bond acceptors (Lipinski definition) is 5. The number of sulfone groups is 1. The second kappa shape index (κ2) is 7.03. The molecule has 0 aromatic heterocycles. The zero-order valence-electron chi connectivity index (χ0n) is 14.5. The van der Waals surface area contributed by atoms with Crippen LogP contribution < -0.4 is 10.9 Å². The summed E-state index contributed by atoms with van der Waals surface area (Å²) in [6.07, 6.45) is 0.606. The third-order valence-electron chi connectivity index (χ3n) is 5.14. The Kier molecular flexibility index (Phi) is 4.71. The Balaban J connectivity index is 1.36. The number of nitrogens with one attached hydrogen (secondary N) is 2. The minimum atomic E-state index is -3.56. The molecule has 2 saturated heterocycles. The van der Waals surface area contributed by atoms with E-state index in [1.807, 2.05) is 30.3 Å². The van der Waals surface area contributed by atoms with E-state index in [0.29, 0.717) is 6.42 Å². The standard InChI is InChI=1S/C19H20FN3O3S/c20-14-6-8-15(9-7-14)27(25,26)16-11-23(12-16)19(24)18-10-17(21-22-18)13-4-2-1-3-5-13/h1-9,16-18,21-22H,10-12H2. The summed E-state index contributed by atoms with van der Waals surface area (Å²) < 4.78 is 38.1. The number of carbonyl (C=O) groups excluding carboxylic acids is 1. The van der Waals surface area contributed by atoms with Crippen molar-refractivity contribution in [2.75, 3.05) is 13.1 Å². The maximum absolute atomic E-state index is 13.0. The molecule has 6 nitrogen and oxygen atoms in total. The summed E-state index contributed by atoms with van der Waals surface area (Å²) in [5.41, 5.74) is 7.24. The summed E-state index contributed by atoms with van der Waals surface area (Å²) >= 11 is 0. The maximum atomic E-state index is 13.0. The normalized spacial score (nSPS) is 23.2. The molecule has 0 bridgehead atoms. The Labute approximate surface area is 157 Å². The van der Waals surface area contributed by atoms with Gasteiger partial charge in [-0.05, 0) is 36.2 Å². The fraction of sp³-hybridized carbons (Fsp3) is 0.316. The van der Waals surface area contributed by atoms with Crippen molar-refractivity contribution in [2.45, 2.75) is 28.6 Å². The number of benzene rings is 2. The first-order valence-corrected chi connectivity index (χ1v) is 10.3. The molecule has 142 valence electrons. The monoisotopic (exact) mass is 389 g/mol. The van der Waals surface area contributed by atoms with Gasteiger partial charge in [-0.15, -0.1) is 0 Å². The van der Waals surface area contributed by atoms with Gasteiger partial charge in [-0.1, -0.05) is 30.3 Å². The largest absolute Gasteiger partial charge is 0.339 e. The van der Waals surface area contributed by atoms with Gasteiger partial charge in [-0.25, -0.2) is 23.7 Å². The fourth-order valence-corrected chi connectivity index (χ4v) is 5.13. The van der Waals surface area contributed by atoms with Crippen LogP contribution in [-0.2, 0) is 14.6 Å². The Morgan fingerprint density at radius 1 is 1.00 bits per heavy atom. The molecule has 8 heteroatoms. The summed E-state index contributed by atoms with van der Waals surface area (Å²) in [5.74, 6) is -0.585. The van der Waals surface area contributed by atoms with Gasteiger partial charge in [0.2, 0.25) is 5.91 Å². The van der Waals surface area contributed by atoms with E-state index in [0.717, 1.165) is 17.7 Å². The molecule has 2 aromatic rings. The molecular formula is C19H20FN3O3S. The third-order valence-corrected chi connectivity index (χ3v) is 7.25. The number of carbonyl (C=O) groups is 1. The molecular weight excluding hydrogens is 369 g/mol. The van der Waals surface area contributed by atoms with E-state index in [9.17, 15) is 17.6 Å². The van der Waals surface area contributed by atoms with Crippen molar-refractivity contribution in [1.29, 1.82) is 0 Å². The molecule has 4 rings (SSSR count). The highest BCUT2D eigenvalue weighted by Gasteiger charge is 2.43. The van der Waals surface area contributed by atoms with Gasteiger partial charge < -0.3 is 4.90 Å². The van der Waals surface area contributed by atoms with Crippen molar-refractivity contribution in [3.05, 3.63) is 66.0 Å². The Morgan fingerprint density at radius 2 is 1.67 bits per heavy atom. The topological polar surface area (TPSA) is 78.5 Å². The first-order chi connectivity index (χ1) is 12.9. The summed E-state index contributed by atoms with van der Waals surface area (Å²) in [7, 11) is -3.56. The summed E-state index contributed by atoms with van der Waals surface area (Å²) in [6, 6.07) is 14.3. The van der Waals surface area contributed by atoms with Crippen LogP contribution >= 0.6 is 0 Å². The maximum Gasteiger partial charge on any atom is 0.241 e. The fourth-order valence-electron chi connectivity index (χ4n) is 3.47. The van der Waals surface area contributed by atoms with Crippen LogP contribution in [0.5, 0.6) is 0 Å². The highest BCUT2D eigenvalue weighted by atomic mass is 32.2. The summed E-state index contributed by atoms with van der Waals surface area (Å²) in [4.78, 5) is 14.3. The molecule has 2 aliphatic rings. The number of hydrogen-bond donors (Lipinski definition) is 2. The molecule has 0 spiro atoms. The van der Waals surface area contributed by atoms with Crippen molar-refractivity contribution < 1.29 is 17.6 Å². The molecule has 2 aromatic carbocycles. The van der Waals surface area contributed by atoms with Crippen molar-refractivity contribution in [1.82, 2.24) is 15.8 Å². The van der Waals surface area contributed by atoms with E-state index >= 15 is 0 Å². The van der Waals surface area contributed by atoms with Gasteiger partial charge in [0.1, 0.15) is 17.1 Å². The van der Waals surface area contributed by atoms with Gasteiger partial charge >= 0.3 is 0 Å². The van der Waals surface area contributed by atoms with Crippen LogP contribution in [0.15, 0.2) is 59.5 Å². The van der Waals surface area contributed by atoms with Crippen LogP contribution in [0, 0.1) is 5.82 Å². The van der Waals surface area contributed by atoms with Gasteiger partial charge in [0, 0.05) is 19.1 Å². The Morgan fingerprint density at radius 3 is 2.33 bits per heavy atom. The second-order valence-corrected chi connectivity index (χ2v) is 9.13. The van der Waals surface area contributed by atoms with E-state index in [-0.39, 0.29) is 36.0 Å². The van der Waals surface area contributed by atoms with Crippen LogP contribution in [0.25, 0.3) is 0 Å². The molecule has 2 unspecified atom stereocenters. The molecule has 0 saturated carbocycles. The quantitative estimate of drug-likeness (QED) is 0.774. The lowest BCUT2D eigenvalue weighted by Crippen LogP contribution is -2.60. The first kappa shape index (κ1) is 18.1. The molecule has 2 aliphatic heterocycles. The molecule has 0 aliphatic carbocycles. The number of hydrazine groups is 1. The number of amides is 1. The molecule has 0 radical (unpaired) electrons. The molecule has 1 amide bonds. The average Bonchev–Trinajstić information content (AvgIpc) is 3.11. The highest BCUT2D eigenvalue weighted by Crippen LogP contribution is 2.27. The predicted octanol–water partition coefficient (Wildman–Crippen LogP) is 1.42. The van der Waals surface area contributed by atoms with Gasteiger partial charge in [-0.3, -0.25) is 4.79 Å². The summed E-state index contributed by atoms with van der Waals surface area (Å²) in [5, 5.41) is -0.647. The lowest BCUT2D eigenvalue weighted by molar-refractivity contribution is -0.136. The number of halogens is 1. The van der Waals surface area contributed by atoms with Crippen molar-refractivity contribution in [2.24, 2.45) is 0 Å². The molecule has 2 N–H and O–H groups in total. The molecule has 2 heterocycles. The van der Waals surface area contributed by atoms with E-state index in [1.54, 1.807) is 4.90 Å². The minimum absolute atomic E-state index is 0.0418. The minimum Gasteiger partial charge on any atom is -0.339 e. The van der Waals surface area contributed by atoms with Crippen LogP contribution in [0.1, 0.15) is 18.0 Å². The Bertz CT molecular complexity index is 928. The van der Waals surface area contributed by atoms with Gasteiger partial charge in [0.25, 0.3) is 0 Å². The van der Waals surface area contributed by atoms with Gasteiger partial charge in [0.05, 0.1) is 4.90 Å². The van der Waals surface area contributed by atoms with Crippen LogP contribution in [-0.4, -0.2) is 43.6 Å². The van der Waals surface area contributed by atoms with E-state index in [2.05, 4.69) is 10.9 Å². The smallest absolute Gasteiger partial charge is 0.241 e. The lowest BCUT2D eigenvalue weighted by atomic mass is 10.0. The third kappa shape index (κ3) is 3.47. The van der Waals surface area contributed by atoms with E-state index in [1.165, 1.54) is 12.1 Å². The predicted molar refractivity (Wildman–Crippen MR) is 97.8 cm³/mol. The van der Waals surface area contributed by atoms with Crippen molar-refractivity contribution in [3.8, 4) is 0 Å². The second-order valence-electron chi connectivity index (χ2n) is 6.90. The highest BCUT2D eigenvalue weighted by molar-refractivity contribution is 7.92. The van der Waals surface area contributed by atoms with Crippen molar-refractivity contribution >= 4 is 15.7 Å². The van der Waals surface area contributed by atoms with Crippen LogP contribution in [0.3, 0.4) is 0 Å². The van der Waals surface area contributed by atoms with E-state index in [4.69, 9.17) is 0 Å². The zero-order chi connectivity index (χ0) is 19.0. The average molecular weight is 389 g/mol. The SMILES string of the molecule is O=C(C1CC(c2ccccc2)NN1)N1CC(S(=O)(=O)c2ccc(F)cc2)C1. The first-order valence-electron chi connectivity index (χ1n) is 8.79. The van der Waals surface area contributed by atoms with Crippen LogP contribution in [0.2, 0.25) is 0 Å². The number of likely N-dealkylation sites (tertiary alicyclic amines) is 1. The molecule has 27 heavy (non-hydrogen) atoms. The summed E-state index contributed by atoms with van der Waals surface area (Å²) in [6.45, 7) is 0.319. The van der Waals surface area contributed by atoms with Gasteiger partial charge in [0.15, 0.2) is 9.84 Å².